The van der Waals surface area contributed by atoms with Crippen LogP contribution in [0.15, 0.2) is 36.4 Å². The first kappa shape index (κ1) is 19.3. The van der Waals surface area contributed by atoms with Crippen molar-refractivity contribution in [1.29, 1.82) is 0 Å². The molecule has 27 heavy (non-hydrogen) atoms. The number of hydrogen-bond acceptors (Lipinski definition) is 5. The highest BCUT2D eigenvalue weighted by atomic mass is 16.1. The molecule has 6 nitrogen and oxygen atoms in total. The SMILES string of the molecule is Cc1cc(N2CCN(CCC(=O)Nc3ccccc3)CC2)nc(C(C)C)n1. The van der Waals surface area contributed by atoms with Crippen LogP contribution in [0, 0.1) is 6.92 Å². The second-order valence-electron chi connectivity index (χ2n) is 7.37. The van der Waals surface area contributed by atoms with Crippen LogP contribution in [-0.4, -0.2) is 53.5 Å². The fraction of sp³-hybridized carbons (Fsp3) is 0.476. The van der Waals surface area contributed by atoms with Crippen molar-refractivity contribution in [2.75, 3.05) is 42.9 Å². The molecule has 1 N–H and O–H groups in total. The third-order valence-corrected chi connectivity index (χ3v) is 4.78. The predicted octanol–water partition coefficient (Wildman–Crippen LogP) is 3.06. The second kappa shape index (κ2) is 8.95. The van der Waals surface area contributed by atoms with Crippen molar-refractivity contribution in [3.63, 3.8) is 0 Å². The molecule has 1 amide bonds. The van der Waals surface area contributed by atoms with Crippen molar-refractivity contribution in [2.45, 2.75) is 33.1 Å². The lowest BCUT2D eigenvalue weighted by Crippen LogP contribution is -2.47. The van der Waals surface area contributed by atoms with Gasteiger partial charge in [0, 0.05) is 62.5 Å². The van der Waals surface area contributed by atoms with Gasteiger partial charge in [-0.05, 0) is 19.1 Å². The molecule has 1 aliphatic rings. The van der Waals surface area contributed by atoms with Crippen LogP contribution < -0.4 is 10.2 Å². The van der Waals surface area contributed by atoms with Crippen molar-refractivity contribution >= 4 is 17.4 Å². The molecule has 1 aliphatic heterocycles. The number of aryl methyl sites for hydroxylation is 1. The van der Waals surface area contributed by atoms with E-state index in [0.29, 0.717) is 12.3 Å². The highest BCUT2D eigenvalue weighted by molar-refractivity contribution is 5.90. The number of benzene rings is 1. The maximum Gasteiger partial charge on any atom is 0.225 e. The van der Waals surface area contributed by atoms with Crippen molar-refractivity contribution in [3.8, 4) is 0 Å². The van der Waals surface area contributed by atoms with E-state index in [9.17, 15) is 4.79 Å². The zero-order chi connectivity index (χ0) is 19.2. The third-order valence-electron chi connectivity index (χ3n) is 4.78. The van der Waals surface area contributed by atoms with Gasteiger partial charge >= 0.3 is 0 Å². The first-order chi connectivity index (χ1) is 13.0. The highest BCUT2D eigenvalue weighted by Crippen LogP contribution is 2.18. The lowest BCUT2D eigenvalue weighted by Gasteiger charge is -2.35. The summed E-state index contributed by atoms with van der Waals surface area (Å²) in [6, 6.07) is 11.7. The predicted molar refractivity (Wildman–Crippen MR) is 109 cm³/mol. The molecule has 1 aromatic heterocycles. The summed E-state index contributed by atoms with van der Waals surface area (Å²) in [5, 5.41) is 2.95. The van der Waals surface area contributed by atoms with Gasteiger partial charge in [-0.15, -0.1) is 0 Å². The molecule has 0 bridgehead atoms. The summed E-state index contributed by atoms with van der Waals surface area (Å²) < 4.78 is 0. The summed E-state index contributed by atoms with van der Waals surface area (Å²) in [4.78, 5) is 26.0. The van der Waals surface area contributed by atoms with E-state index < -0.39 is 0 Å². The van der Waals surface area contributed by atoms with Crippen molar-refractivity contribution in [2.24, 2.45) is 0 Å². The quantitative estimate of drug-likeness (QED) is 0.850. The lowest BCUT2D eigenvalue weighted by atomic mass is 10.2. The number of hydrogen-bond donors (Lipinski definition) is 1. The Balaban J connectivity index is 1.47. The molecule has 144 valence electrons. The van der Waals surface area contributed by atoms with E-state index in [1.165, 1.54) is 0 Å². The standard InChI is InChI=1S/C21H29N5O/c1-16(2)21-22-17(3)15-19(24-21)26-13-11-25(12-14-26)10-9-20(27)23-18-7-5-4-6-8-18/h4-8,15-16H,9-14H2,1-3H3,(H,23,27). The minimum absolute atomic E-state index is 0.0663. The molecule has 0 spiro atoms. The minimum Gasteiger partial charge on any atom is -0.354 e. The van der Waals surface area contributed by atoms with Gasteiger partial charge in [-0.1, -0.05) is 32.0 Å². The molecular weight excluding hydrogens is 338 g/mol. The summed E-state index contributed by atoms with van der Waals surface area (Å²) in [5.41, 5.74) is 1.87. The summed E-state index contributed by atoms with van der Waals surface area (Å²) in [6.45, 7) is 10.8. The number of aromatic nitrogens is 2. The third kappa shape index (κ3) is 5.50. The molecule has 0 radical (unpaired) electrons. The van der Waals surface area contributed by atoms with E-state index in [4.69, 9.17) is 4.98 Å². The number of para-hydroxylation sites is 1. The van der Waals surface area contributed by atoms with E-state index in [-0.39, 0.29) is 5.91 Å². The van der Waals surface area contributed by atoms with Gasteiger partial charge in [-0.3, -0.25) is 9.69 Å². The van der Waals surface area contributed by atoms with E-state index in [2.05, 4.69) is 40.0 Å². The Hall–Kier alpha value is -2.47. The number of anilines is 2. The van der Waals surface area contributed by atoms with Crippen LogP contribution in [0.2, 0.25) is 0 Å². The Labute approximate surface area is 161 Å². The van der Waals surface area contributed by atoms with E-state index in [1.54, 1.807) is 0 Å². The largest absolute Gasteiger partial charge is 0.354 e. The number of amides is 1. The Morgan fingerprint density at radius 1 is 1.11 bits per heavy atom. The summed E-state index contributed by atoms with van der Waals surface area (Å²) >= 11 is 0. The highest BCUT2D eigenvalue weighted by Gasteiger charge is 2.20. The van der Waals surface area contributed by atoms with E-state index in [0.717, 1.165) is 55.7 Å². The number of carbonyl (C=O) groups is 1. The number of piperazine rings is 1. The van der Waals surface area contributed by atoms with Gasteiger partial charge in [0.15, 0.2) is 0 Å². The van der Waals surface area contributed by atoms with Crippen LogP contribution >= 0.6 is 0 Å². The molecule has 1 aromatic carbocycles. The Bertz CT molecular complexity index is 754. The van der Waals surface area contributed by atoms with Crippen LogP contribution in [-0.2, 0) is 4.79 Å². The van der Waals surface area contributed by atoms with Crippen LogP contribution in [0.3, 0.4) is 0 Å². The zero-order valence-electron chi connectivity index (χ0n) is 16.5. The van der Waals surface area contributed by atoms with Gasteiger partial charge in [0.2, 0.25) is 5.91 Å². The molecule has 2 aromatic rings. The summed E-state index contributed by atoms with van der Waals surface area (Å²) in [7, 11) is 0. The number of nitrogens with zero attached hydrogens (tertiary/aromatic N) is 4. The van der Waals surface area contributed by atoms with Gasteiger partial charge in [0.05, 0.1) is 0 Å². The van der Waals surface area contributed by atoms with Crippen molar-refractivity contribution in [3.05, 3.63) is 47.9 Å². The normalized spacial score (nSPS) is 15.2. The van der Waals surface area contributed by atoms with Crippen LogP contribution in [0.25, 0.3) is 0 Å². The van der Waals surface area contributed by atoms with Gasteiger partial charge in [0.25, 0.3) is 0 Å². The molecule has 0 unspecified atom stereocenters. The Kier molecular flexibility index (Phi) is 6.40. The zero-order valence-corrected chi connectivity index (χ0v) is 16.5. The molecule has 1 saturated heterocycles. The first-order valence-electron chi connectivity index (χ1n) is 9.69. The lowest BCUT2D eigenvalue weighted by molar-refractivity contribution is -0.116. The molecule has 2 heterocycles. The van der Waals surface area contributed by atoms with Crippen LogP contribution in [0.4, 0.5) is 11.5 Å². The van der Waals surface area contributed by atoms with E-state index >= 15 is 0 Å². The van der Waals surface area contributed by atoms with E-state index in [1.807, 2.05) is 37.3 Å². The molecule has 6 heteroatoms. The fourth-order valence-electron chi connectivity index (χ4n) is 3.20. The minimum atomic E-state index is 0.0663. The molecule has 0 atom stereocenters. The Morgan fingerprint density at radius 3 is 2.48 bits per heavy atom. The number of nitrogens with one attached hydrogen (secondary N) is 1. The first-order valence-corrected chi connectivity index (χ1v) is 9.69. The monoisotopic (exact) mass is 367 g/mol. The topological polar surface area (TPSA) is 61.4 Å². The van der Waals surface area contributed by atoms with Crippen molar-refractivity contribution in [1.82, 2.24) is 14.9 Å². The van der Waals surface area contributed by atoms with Crippen LogP contribution in [0.1, 0.15) is 37.7 Å². The number of rotatable bonds is 6. The second-order valence-corrected chi connectivity index (χ2v) is 7.37. The molecule has 3 rings (SSSR count). The van der Waals surface area contributed by atoms with Gasteiger partial charge < -0.3 is 10.2 Å². The van der Waals surface area contributed by atoms with Gasteiger partial charge in [0.1, 0.15) is 11.6 Å². The van der Waals surface area contributed by atoms with Gasteiger partial charge in [-0.2, -0.15) is 0 Å². The van der Waals surface area contributed by atoms with Crippen LogP contribution in [0.5, 0.6) is 0 Å². The van der Waals surface area contributed by atoms with Gasteiger partial charge in [-0.25, -0.2) is 9.97 Å². The Morgan fingerprint density at radius 2 is 1.81 bits per heavy atom. The number of carbonyl (C=O) groups excluding carboxylic acids is 1. The summed E-state index contributed by atoms with van der Waals surface area (Å²) in [5.74, 6) is 2.32. The molecule has 0 saturated carbocycles. The fourth-order valence-corrected chi connectivity index (χ4v) is 3.20. The smallest absolute Gasteiger partial charge is 0.225 e. The van der Waals surface area contributed by atoms with Crippen molar-refractivity contribution < 1.29 is 4.79 Å². The summed E-state index contributed by atoms with van der Waals surface area (Å²) in [6.07, 6.45) is 0.513. The maximum absolute atomic E-state index is 12.1. The molecule has 0 aliphatic carbocycles. The average Bonchev–Trinajstić information content (AvgIpc) is 2.67. The molecule has 1 fully saturated rings. The maximum atomic E-state index is 12.1. The average molecular weight is 367 g/mol. The molecular formula is C21H29N5O.